The Kier molecular flexibility index (Phi) is 3.76. The molecule has 3 heteroatoms. The maximum atomic E-state index is 6.63. The Morgan fingerprint density at radius 3 is 2.62 bits per heavy atom. The molecule has 3 nitrogen and oxygen atoms in total. The molecule has 1 aliphatic heterocycles. The van der Waals surface area contributed by atoms with Gasteiger partial charge in [-0.05, 0) is 54.3 Å². The van der Waals surface area contributed by atoms with Crippen LogP contribution in [0.4, 0.5) is 0 Å². The number of rotatable bonds is 1. The molecule has 0 atom stereocenters. The van der Waals surface area contributed by atoms with Crippen LogP contribution < -0.4 is 9.30 Å². The van der Waals surface area contributed by atoms with Gasteiger partial charge in [-0.15, -0.1) is 0 Å². The van der Waals surface area contributed by atoms with Gasteiger partial charge in [-0.1, -0.05) is 32.9 Å². The van der Waals surface area contributed by atoms with Gasteiger partial charge in [0.25, 0.3) is 0 Å². The Morgan fingerprint density at radius 1 is 1.07 bits per heavy atom. The molecule has 29 heavy (non-hydrogen) atoms. The van der Waals surface area contributed by atoms with Gasteiger partial charge >= 0.3 is 0 Å². The number of pyridine rings is 2. The van der Waals surface area contributed by atoms with Crippen molar-refractivity contribution in [3.8, 4) is 22.8 Å². The van der Waals surface area contributed by atoms with E-state index in [4.69, 9.17) is 4.74 Å². The fraction of sp³-hybridized carbons (Fsp3) is 0.308. The Labute approximate surface area is 172 Å². The number of hydrogen-bond donors (Lipinski definition) is 0. The predicted octanol–water partition coefficient (Wildman–Crippen LogP) is 6.19. The quantitative estimate of drug-likeness (QED) is 0.323. The van der Waals surface area contributed by atoms with E-state index in [0.717, 1.165) is 29.0 Å². The second-order valence-electron chi connectivity index (χ2n) is 9.53. The van der Waals surface area contributed by atoms with Crippen LogP contribution in [0.15, 0.2) is 42.7 Å². The van der Waals surface area contributed by atoms with Crippen LogP contribution in [-0.4, -0.2) is 4.98 Å². The highest BCUT2D eigenvalue weighted by Gasteiger charge is 2.32. The van der Waals surface area contributed by atoms with E-state index >= 15 is 0 Å². The molecule has 2 aromatic carbocycles. The lowest BCUT2D eigenvalue weighted by Gasteiger charge is -2.25. The van der Waals surface area contributed by atoms with E-state index in [1.165, 1.54) is 38.5 Å². The SMILES string of the molecule is Cc1c2c(c(C)c3ncccc13)Oc1cc(CC(C)(C)C)cc3cc[n+](C)c-2c13. The van der Waals surface area contributed by atoms with E-state index in [2.05, 4.69) is 81.7 Å². The molecule has 0 fully saturated rings. The van der Waals surface area contributed by atoms with Gasteiger partial charge in [0.2, 0.25) is 5.69 Å². The average Bonchev–Trinajstić information content (AvgIpc) is 2.66. The average molecular weight is 384 g/mol. The topological polar surface area (TPSA) is 26.0 Å². The molecule has 4 aromatic rings. The van der Waals surface area contributed by atoms with Gasteiger partial charge < -0.3 is 4.74 Å². The lowest BCUT2D eigenvalue weighted by atomic mass is 9.86. The molecule has 3 heterocycles. The summed E-state index contributed by atoms with van der Waals surface area (Å²) < 4.78 is 8.85. The number of benzene rings is 2. The van der Waals surface area contributed by atoms with Gasteiger partial charge in [0.1, 0.15) is 18.5 Å². The molecular weight excluding hydrogens is 356 g/mol. The van der Waals surface area contributed by atoms with Crippen molar-refractivity contribution in [2.75, 3.05) is 0 Å². The van der Waals surface area contributed by atoms with Crippen LogP contribution in [0, 0.1) is 19.3 Å². The van der Waals surface area contributed by atoms with Crippen molar-refractivity contribution in [2.24, 2.45) is 12.5 Å². The van der Waals surface area contributed by atoms with Gasteiger partial charge in [-0.2, -0.15) is 0 Å². The van der Waals surface area contributed by atoms with E-state index in [-0.39, 0.29) is 5.41 Å². The number of aryl methyl sites for hydroxylation is 3. The molecule has 0 saturated heterocycles. The van der Waals surface area contributed by atoms with E-state index in [9.17, 15) is 0 Å². The molecule has 146 valence electrons. The van der Waals surface area contributed by atoms with E-state index in [1.54, 1.807) is 0 Å². The van der Waals surface area contributed by atoms with E-state index in [0.29, 0.717) is 0 Å². The third kappa shape index (κ3) is 2.71. The summed E-state index contributed by atoms with van der Waals surface area (Å²) in [6, 6.07) is 10.9. The van der Waals surface area contributed by atoms with Crippen LogP contribution in [0.3, 0.4) is 0 Å². The number of hydrogen-bond acceptors (Lipinski definition) is 2. The summed E-state index contributed by atoms with van der Waals surface area (Å²) in [5.41, 5.74) is 7.30. The maximum absolute atomic E-state index is 6.63. The molecular formula is C26H27N2O+. The zero-order valence-corrected chi connectivity index (χ0v) is 18.1. The first-order chi connectivity index (χ1) is 13.7. The van der Waals surface area contributed by atoms with Crippen LogP contribution in [0.25, 0.3) is 32.9 Å². The zero-order chi connectivity index (χ0) is 20.5. The van der Waals surface area contributed by atoms with Gasteiger partial charge in [0.05, 0.1) is 16.5 Å². The minimum absolute atomic E-state index is 0.224. The Hall–Kier alpha value is -2.94. The first-order valence-corrected chi connectivity index (χ1v) is 10.3. The van der Waals surface area contributed by atoms with Crippen LogP contribution in [0.2, 0.25) is 0 Å². The first kappa shape index (κ1) is 18.1. The highest BCUT2D eigenvalue weighted by molar-refractivity contribution is 6.05. The molecule has 5 rings (SSSR count). The van der Waals surface area contributed by atoms with Crippen LogP contribution in [0.5, 0.6) is 11.5 Å². The summed E-state index contributed by atoms with van der Waals surface area (Å²) in [5.74, 6) is 1.90. The molecule has 0 radical (unpaired) electrons. The molecule has 1 aliphatic rings. The monoisotopic (exact) mass is 383 g/mol. The molecule has 0 saturated carbocycles. The van der Waals surface area contributed by atoms with Crippen molar-refractivity contribution >= 4 is 21.7 Å². The fourth-order valence-corrected chi connectivity index (χ4v) is 4.75. The van der Waals surface area contributed by atoms with Crippen molar-refractivity contribution in [1.82, 2.24) is 4.98 Å². The van der Waals surface area contributed by atoms with Crippen LogP contribution in [-0.2, 0) is 13.5 Å². The highest BCUT2D eigenvalue weighted by atomic mass is 16.5. The summed E-state index contributed by atoms with van der Waals surface area (Å²) >= 11 is 0. The Balaban J connectivity index is 1.89. The van der Waals surface area contributed by atoms with Gasteiger partial charge in [0, 0.05) is 23.2 Å². The Bertz CT molecular complexity index is 1310. The molecule has 2 aromatic heterocycles. The lowest BCUT2D eigenvalue weighted by molar-refractivity contribution is -0.659. The summed E-state index contributed by atoms with van der Waals surface area (Å²) in [6.07, 6.45) is 5.04. The summed E-state index contributed by atoms with van der Waals surface area (Å²) in [6.45, 7) is 11.1. The van der Waals surface area contributed by atoms with Crippen LogP contribution >= 0.6 is 0 Å². The smallest absolute Gasteiger partial charge is 0.228 e. The standard InChI is InChI=1S/C26H27N2O/c1-15-19-8-7-10-27-23(19)16(2)25-21(15)24-22-18(9-11-28(24)6)12-17(13-20(22)29-25)14-26(3,4)5/h7-13H,14H2,1-6H3/q+1. The second kappa shape index (κ2) is 6.03. The minimum atomic E-state index is 0.224. The number of nitrogens with zero attached hydrogens (tertiary/aromatic N) is 2. The minimum Gasteiger partial charge on any atom is -0.455 e. The van der Waals surface area contributed by atoms with Crippen molar-refractivity contribution < 1.29 is 9.30 Å². The third-order valence-electron chi connectivity index (χ3n) is 5.95. The molecule has 0 N–H and O–H groups in total. The van der Waals surface area contributed by atoms with E-state index in [1.807, 2.05) is 12.3 Å². The highest BCUT2D eigenvalue weighted by Crippen LogP contribution is 2.50. The van der Waals surface area contributed by atoms with Gasteiger partial charge in [-0.25, -0.2) is 4.57 Å². The molecule has 0 unspecified atom stereocenters. The maximum Gasteiger partial charge on any atom is 0.228 e. The fourth-order valence-electron chi connectivity index (χ4n) is 4.75. The summed E-state index contributed by atoms with van der Waals surface area (Å²) in [4.78, 5) is 4.66. The predicted molar refractivity (Wildman–Crippen MR) is 119 cm³/mol. The van der Waals surface area contributed by atoms with Crippen LogP contribution in [0.1, 0.15) is 37.5 Å². The first-order valence-electron chi connectivity index (χ1n) is 10.3. The normalized spacial score (nSPS) is 12.9. The molecule has 0 spiro atoms. The molecule has 0 amide bonds. The van der Waals surface area contributed by atoms with Crippen molar-refractivity contribution in [3.05, 3.63) is 59.4 Å². The number of fused-ring (bicyclic) bond motifs is 3. The van der Waals surface area contributed by atoms with Gasteiger partial charge in [0.15, 0.2) is 6.20 Å². The van der Waals surface area contributed by atoms with Crippen molar-refractivity contribution in [3.63, 3.8) is 0 Å². The van der Waals surface area contributed by atoms with E-state index < -0.39 is 0 Å². The largest absolute Gasteiger partial charge is 0.455 e. The molecule has 0 aliphatic carbocycles. The molecule has 0 bridgehead atoms. The van der Waals surface area contributed by atoms with Crippen molar-refractivity contribution in [1.29, 1.82) is 0 Å². The lowest BCUT2D eigenvalue weighted by Crippen LogP contribution is -2.32. The van der Waals surface area contributed by atoms with Gasteiger partial charge in [-0.3, -0.25) is 4.98 Å². The number of aromatic nitrogens is 2. The Morgan fingerprint density at radius 2 is 1.86 bits per heavy atom. The number of ether oxygens (including phenoxy) is 1. The van der Waals surface area contributed by atoms with Crippen molar-refractivity contribution in [2.45, 2.75) is 41.0 Å². The second-order valence-corrected chi connectivity index (χ2v) is 9.53. The summed E-state index contributed by atoms with van der Waals surface area (Å²) in [7, 11) is 2.12. The third-order valence-corrected chi connectivity index (χ3v) is 5.95. The summed E-state index contributed by atoms with van der Waals surface area (Å²) in [5, 5.41) is 3.63. The zero-order valence-electron chi connectivity index (χ0n) is 18.1.